The molecule has 0 aromatic heterocycles. The number of aliphatic hydroxyl groups excluding tert-OH is 2. The molecule has 12 nitrogen and oxygen atoms in total. The van der Waals surface area contributed by atoms with Gasteiger partial charge in [0.2, 0.25) is 0 Å². The smallest absolute Gasteiger partial charge is 0.422 e. The molecule has 0 amide bonds. The van der Waals surface area contributed by atoms with Crippen molar-refractivity contribution in [3.05, 3.63) is 119 Å². The van der Waals surface area contributed by atoms with E-state index in [1.165, 1.54) is 35.7 Å². The van der Waals surface area contributed by atoms with Crippen LogP contribution in [0.5, 0.6) is 0 Å². The molecule has 0 radical (unpaired) electrons. The van der Waals surface area contributed by atoms with E-state index in [1.54, 1.807) is 7.11 Å². The number of esters is 2. The summed E-state index contributed by atoms with van der Waals surface area (Å²) >= 11 is 0. The van der Waals surface area contributed by atoms with Gasteiger partial charge in [-0.3, -0.25) is 14.7 Å². The highest BCUT2D eigenvalue weighted by molar-refractivity contribution is 6.76. The normalized spacial score (nSPS) is 27.7. The largest absolute Gasteiger partial charge is 0.509 e. The molecule has 4 unspecified atom stereocenters. The summed E-state index contributed by atoms with van der Waals surface area (Å²) in [7, 11) is 0.701. The molecule has 13 heteroatoms. The third kappa shape index (κ3) is 12.2. The summed E-state index contributed by atoms with van der Waals surface area (Å²) in [5, 5.41) is 20.0. The molecular formula is C54H75N3O9Si. The van der Waals surface area contributed by atoms with Crippen molar-refractivity contribution in [2.24, 2.45) is 10.8 Å². The summed E-state index contributed by atoms with van der Waals surface area (Å²) in [5.74, 6) is -0.825. The summed E-state index contributed by atoms with van der Waals surface area (Å²) in [5.41, 5.74) is 4.26. The van der Waals surface area contributed by atoms with E-state index in [0.29, 0.717) is 11.1 Å². The summed E-state index contributed by atoms with van der Waals surface area (Å²) in [6.07, 6.45) is 12.7. The van der Waals surface area contributed by atoms with Crippen LogP contribution >= 0.6 is 0 Å². The number of hydrogen-bond donors (Lipinski definition) is 2. The van der Waals surface area contributed by atoms with E-state index < -0.39 is 37.4 Å². The predicted octanol–water partition coefficient (Wildman–Crippen LogP) is 8.66. The van der Waals surface area contributed by atoms with Gasteiger partial charge in [-0.15, -0.1) is 0 Å². The van der Waals surface area contributed by atoms with Gasteiger partial charge < -0.3 is 29.2 Å². The third-order valence-electron chi connectivity index (χ3n) is 15.0. The maximum atomic E-state index is 11.6. The minimum Gasteiger partial charge on any atom is -0.422 e. The number of methoxy groups -OCH3 is 1. The van der Waals surface area contributed by atoms with Crippen LogP contribution in [0.4, 0.5) is 4.79 Å². The lowest BCUT2D eigenvalue weighted by Gasteiger charge is -2.46. The molecule has 2 saturated carbocycles. The standard InChI is InChI=1S/C17H25NO2.C16H19NO3.C13H23NOSi.C8H8O3/c19-13-16-8-4-5-9-17(16,14-20)12-18(11-16)10-15-6-2-1-3-7-15;18-14-19-15-8-4-5-9-16(15,20-14)12-17(11-15)10-13-6-2-1-3-7-13;1-15-11-14(12-16(2,3)4)10-13-8-6-5-7-9-13;9-7-5-3-1-2-4-6(5)8(10)11-7/h1-3,6-7,19-20H,4-5,8-14H2;1-3,6-7H,4-5,8-12H2;5-9H,10-12H2,1-4H3;1-4H2. The van der Waals surface area contributed by atoms with E-state index in [0.717, 1.165) is 117 Å². The molecule has 10 rings (SSSR count). The monoisotopic (exact) mass is 938 g/mol. The van der Waals surface area contributed by atoms with Gasteiger partial charge in [0.1, 0.15) is 0 Å². The fraction of sp³-hybridized carbons (Fsp3) is 0.574. The number of benzene rings is 3. The Labute approximate surface area is 399 Å². The highest BCUT2D eigenvalue weighted by Crippen LogP contribution is 2.56. The van der Waals surface area contributed by atoms with Crippen LogP contribution < -0.4 is 0 Å². The van der Waals surface area contributed by atoms with Gasteiger partial charge in [0.05, 0.1) is 28.0 Å². The lowest BCUT2D eigenvalue weighted by Crippen LogP contribution is -2.52. The first-order valence-electron chi connectivity index (χ1n) is 24.7. The van der Waals surface area contributed by atoms with Crippen molar-refractivity contribution >= 4 is 26.2 Å². The topological polar surface area (TPSA) is 138 Å². The van der Waals surface area contributed by atoms with Gasteiger partial charge >= 0.3 is 18.1 Å². The van der Waals surface area contributed by atoms with Gasteiger partial charge in [0.25, 0.3) is 0 Å². The Morgan fingerprint density at radius 1 is 0.597 bits per heavy atom. The second kappa shape index (κ2) is 22.5. The molecule has 3 aliphatic carbocycles. The molecule has 2 N–H and O–H groups in total. The second-order valence-electron chi connectivity index (χ2n) is 21.3. The van der Waals surface area contributed by atoms with Crippen LogP contribution in [0.2, 0.25) is 19.6 Å². The van der Waals surface area contributed by atoms with E-state index in [2.05, 4.69) is 118 Å². The molecule has 3 aromatic carbocycles. The molecule has 0 bridgehead atoms. The molecule has 0 spiro atoms. The number of carbonyl (C=O) groups is 3. The number of hydrogen-bond acceptors (Lipinski definition) is 12. The van der Waals surface area contributed by atoms with E-state index in [4.69, 9.17) is 14.2 Å². The van der Waals surface area contributed by atoms with Gasteiger partial charge in [-0.1, -0.05) is 123 Å². The number of likely N-dealkylation sites (tertiary alicyclic amines) is 2. The first-order valence-corrected chi connectivity index (χ1v) is 28.4. The highest BCUT2D eigenvalue weighted by atomic mass is 28.3. The van der Waals surface area contributed by atoms with E-state index in [1.807, 2.05) is 12.1 Å². The van der Waals surface area contributed by atoms with Gasteiger partial charge in [0, 0.05) is 74.9 Å². The molecule has 67 heavy (non-hydrogen) atoms. The van der Waals surface area contributed by atoms with Crippen molar-refractivity contribution in [1.29, 1.82) is 0 Å². The van der Waals surface area contributed by atoms with Crippen molar-refractivity contribution in [2.45, 2.75) is 128 Å². The van der Waals surface area contributed by atoms with Crippen LogP contribution in [0.1, 0.15) is 93.7 Å². The number of fused-ring (bicyclic) bond motifs is 1. The molecule has 3 aromatic rings. The van der Waals surface area contributed by atoms with Crippen molar-refractivity contribution < 1.29 is 43.5 Å². The summed E-state index contributed by atoms with van der Waals surface area (Å²) in [4.78, 5) is 40.6. The van der Waals surface area contributed by atoms with Crippen LogP contribution in [-0.4, -0.2) is 122 Å². The van der Waals surface area contributed by atoms with Gasteiger partial charge in [-0.2, -0.15) is 0 Å². The maximum Gasteiger partial charge on any atom is 0.509 e. The number of carbonyl (C=O) groups excluding carboxylic acids is 3. The molecule has 3 saturated heterocycles. The summed E-state index contributed by atoms with van der Waals surface area (Å²) in [6.45, 7) is 14.5. The fourth-order valence-corrected chi connectivity index (χ4v) is 13.5. The molecule has 4 atom stereocenters. The first-order chi connectivity index (χ1) is 32.2. The van der Waals surface area contributed by atoms with E-state index >= 15 is 0 Å². The van der Waals surface area contributed by atoms with Crippen molar-refractivity contribution in [1.82, 2.24) is 14.7 Å². The van der Waals surface area contributed by atoms with Crippen molar-refractivity contribution in [2.75, 3.05) is 59.4 Å². The first kappa shape index (κ1) is 50.7. The number of cyclic esters (lactones) is 2. The minimum absolute atomic E-state index is 0.0885. The fourth-order valence-electron chi connectivity index (χ4n) is 12.0. The van der Waals surface area contributed by atoms with Crippen LogP contribution in [0.15, 0.2) is 102 Å². The lowest BCUT2D eigenvalue weighted by molar-refractivity contribution is -0.151. The number of aliphatic hydroxyl groups is 2. The van der Waals surface area contributed by atoms with Crippen LogP contribution in [0.25, 0.3) is 0 Å². The van der Waals surface area contributed by atoms with Gasteiger partial charge in [-0.25, -0.2) is 14.4 Å². The SMILES string of the molecule is COCN(Cc1ccccc1)C[Si](C)(C)C.O=C1OC(=O)C2=C1CCCC2.O=C1OC23CCCCC2(CN(Cc2ccccc2)C3)O1.OCC12CCCCC1(CO)CN(Cc1ccccc1)C2. The third-order valence-corrected chi connectivity index (χ3v) is 16.4. The Kier molecular flexibility index (Phi) is 17.0. The Hall–Kier alpha value is -4.21. The van der Waals surface area contributed by atoms with Crippen molar-refractivity contribution in [3.63, 3.8) is 0 Å². The average molecular weight is 938 g/mol. The Morgan fingerprint density at radius 2 is 1.01 bits per heavy atom. The van der Waals surface area contributed by atoms with Crippen LogP contribution in [-0.2, 0) is 48.2 Å². The summed E-state index contributed by atoms with van der Waals surface area (Å²) in [6, 6.07) is 31.5. The number of ether oxygens (including phenoxy) is 4. The van der Waals surface area contributed by atoms with Gasteiger partial charge in [0.15, 0.2) is 11.2 Å². The zero-order chi connectivity index (χ0) is 47.5. The molecule has 5 fully saturated rings. The van der Waals surface area contributed by atoms with Crippen LogP contribution in [0, 0.1) is 10.8 Å². The predicted molar refractivity (Wildman–Crippen MR) is 261 cm³/mol. The molecule has 4 aliphatic heterocycles. The van der Waals surface area contributed by atoms with Crippen LogP contribution in [0.3, 0.4) is 0 Å². The Bertz CT molecular complexity index is 2060. The second-order valence-corrected chi connectivity index (χ2v) is 26.7. The zero-order valence-corrected chi connectivity index (χ0v) is 41.5. The van der Waals surface area contributed by atoms with Gasteiger partial charge in [-0.05, 0) is 87.1 Å². The zero-order valence-electron chi connectivity index (χ0n) is 40.5. The average Bonchev–Trinajstić information content (AvgIpc) is 4.01. The number of rotatable bonds is 12. The summed E-state index contributed by atoms with van der Waals surface area (Å²) < 4.78 is 21.0. The Morgan fingerprint density at radius 3 is 1.43 bits per heavy atom. The molecule has 4 heterocycles. The quantitative estimate of drug-likeness (QED) is 0.0778. The molecule has 364 valence electrons. The van der Waals surface area contributed by atoms with E-state index in [-0.39, 0.29) is 24.0 Å². The molecular weight excluding hydrogens is 863 g/mol. The minimum atomic E-state index is -1.07. The Balaban J connectivity index is 0.000000136. The van der Waals surface area contributed by atoms with E-state index in [9.17, 15) is 24.6 Å². The number of nitrogens with zero attached hydrogens (tertiary/aromatic N) is 3. The lowest BCUT2D eigenvalue weighted by atomic mass is 9.58. The highest BCUT2D eigenvalue weighted by Gasteiger charge is 2.68. The maximum absolute atomic E-state index is 11.6. The molecule has 7 aliphatic rings. The van der Waals surface area contributed by atoms with Crippen molar-refractivity contribution in [3.8, 4) is 0 Å².